The van der Waals surface area contributed by atoms with E-state index in [9.17, 15) is 9.18 Å². The van der Waals surface area contributed by atoms with Crippen LogP contribution in [0.25, 0.3) is 0 Å². The number of carbonyl (C=O) groups excluding carboxylic acids is 1. The van der Waals surface area contributed by atoms with Crippen molar-refractivity contribution < 1.29 is 9.18 Å². The number of ketones is 1. The third kappa shape index (κ3) is 3.43. The molecule has 1 heterocycles. The second-order valence-corrected chi connectivity index (χ2v) is 7.72. The summed E-state index contributed by atoms with van der Waals surface area (Å²) in [6.45, 7) is 0.128. The van der Waals surface area contributed by atoms with Gasteiger partial charge in [-0.2, -0.15) is 0 Å². The maximum Gasteiger partial charge on any atom is 0.184 e. The minimum atomic E-state index is -0.330. The fourth-order valence-corrected chi connectivity index (χ4v) is 4.53. The molecule has 0 atom stereocenters. The first kappa shape index (κ1) is 14.7. The largest absolute Gasteiger partial charge is 0.365 e. The second-order valence-electron chi connectivity index (χ2n) is 3.97. The van der Waals surface area contributed by atoms with Gasteiger partial charge in [0.25, 0.3) is 0 Å². The molecule has 100 valence electrons. The molecule has 2 rings (SSSR count). The SMILES string of the molecule is CN(CC(=O)c1cc(Br)sc1Br)c1ccccc1F. The molecule has 2 nitrogen and oxygen atoms in total. The summed E-state index contributed by atoms with van der Waals surface area (Å²) in [6, 6.07) is 8.18. The molecule has 0 unspecified atom stereocenters. The van der Waals surface area contributed by atoms with E-state index in [1.54, 1.807) is 36.2 Å². The van der Waals surface area contributed by atoms with Crippen molar-refractivity contribution in [2.24, 2.45) is 0 Å². The Kier molecular flexibility index (Phi) is 4.76. The molecule has 0 aliphatic rings. The quantitative estimate of drug-likeness (QED) is 0.684. The van der Waals surface area contributed by atoms with Crippen molar-refractivity contribution in [2.75, 3.05) is 18.5 Å². The number of nitrogens with zero attached hydrogens (tertiary/aromatic N) is 1. The highest BCUT2D eigenvalue weighted by Gasteiger charge is 2.17. The van der Waals surface area contributed by atoms with Crippen molar-refractivity contribution in [2.45, 2.75) is 0 Å². The number of hydrogen-bond acceptors (Lipinski definition) is 3. The molecule has 0 aliphatic carbocycles. The molecule has 6 heteroatoms. The lowest BCUT2D eigenvalue weighted by molar-refractivity contribution is 0.1000. The molecule has 0 N–H and O–H groups in total. The van der Waals surface area contributed by atoms with E-state index in [1.165, 1.54) is 17.4 Å². The Morgan fingerprint density at radius 2 is 2.05 bits per heavy atom. The maximum absolute atomic E-state index is 13.6. The van der Waals surface area contributed by atoms with Crippen LogP contribution in [-0.2, 0) is 0 Å². The molecule has 0 spiro atoms. The van der Waals surface area contributed by atoms with Crippen molar-refractivity contribution in [1.29, 1.82) is 0 Å². The van der Waals surface area contributed by atoms with Crippen LogP contribution in [0.3, 0.4) is 0 Å². The molecule has 1 aromatic carbocycles. The number of hydrogen-bond donors (Lipinski definition) is 0. The van der Waals surface area contributed by atoms with Crippen LogP contribution in [0.1, 0.15) is 10.4 Å². The van der Waals surface area contributed by atoms with Gasteiger partial charge < -0.3 is 4.90 Å². The first-order valence-electron chi connectivity index (χ1n) is 5.42. The molecule has 1 aromatic heterocycles. The number of Topliss-reactive ketones (excluding diaryl/α,β-unsaturated/α-hetero) is 1. The van der Waals surface area contributed by atoms with Crippen LogP contribution in [0, 0.1) is 5.82 Å². The van der Waals surface area contributed by atoms with E-state index in [0.29, 0.717) is 11.3 Å². The normalized spacial score (nSPS) is 10.5. The molecule has 0 fully saturated rings. The molecule has 0 radical (unpaired) electrons. The van der Waals surface area contributed by atoms with E-state index < -0.39 is 0 Å². The maximum atomic E-state index is 13.6. The highest BCUT2D eigenvalue weighted by Crippen LogP contribution is 2.32. The van der Waals surface area contributed by atoms with E-state index in [0.717, 1.165) is 7.57 Å². The Hall–Kier alpha value is -0.720. The van der Waals surface area contributed by atoms with Crippen molar-refractivity contribution in [3.05, 3.63) is 49.3 Å². The first-order chi connectivity index (χ1) is 8.99. The number of carbonyl (C=O) groups is 1. The molecular weight excluding hydrogens is 397 g/mol. The monoisotopic (exact) mass is 405 g/mol. The fourth-order valence-electron chi connectivity index (χ4n) is 1.68. The van der Waals surface area contributed by atoms with Gasteiger partial charge >= 0.3 is 0 Å². The predicted octanol–water partition coefficient (Wildman–Crippen LogP) is 4.73. The van der Waals surface area contributed by atoms with Gasteiger partial charge in [0.15, 0.2) is 5.78 Å². The average molecular weight is 407 g/mol. The molecule has 0 saturated carbocycles. The minimum Gasteiger partial charge on any atom is -0.365 e. The molecule has 2 aromatic rings. The summed E-state index contributed by atoms with van der Waals surface area (Å²) in [7, 11) is 1.70. The van der Waals surface area contributed by atoms with Gasteiger partial charge in [0.05, 0.1) is 19.8 Å². The zero-order valence-electron chi connectivity index (χ0n) is 9.99. The fraction of sp³-hybridized carbons (Fsp3) is 0.154. The second kappa shape index (κ2) is 6.15. The Balaban J connectivity index is 2.15. The molecular formula is C13H10Br2FNOS. The summed E-state index contributed by atoms with van der Waals surface area (Å²) in [6.07, 6.45) is 0. The van der Waals surface area contributed by atoms with Gasteiger partial charge in [0, 0.05) is 12.6 Å². The van der Waals surface area contributed by atoms with E-state index >= 15 is 0 Å². The molecule has 0 amide bonds. The number of anilines is 1. The molecule has 19 heavy (non-hydrogen) atoms. The lowest BCUT2D eigenvalue weighted by atomic mass is 10.2. The van der Waals surface area contributed by atoms with Gasteiger partial charge in [0.1, 0.15) is 5.82 Å². The third-order valence-electron chi connectivity index (χ3n) is 2.60. The Morgan fingerprint density at radius 1 is 1.37 bits per heavy atom. The van der Waals surface area contributed by atoms with Gasteiger partial charge in [-0.05, 0) is 50.1 Å². The zero-order chi connectivity index (χ0) is 14.0. The Morgan fingerprint density at radius 3 is 2.63 bits per heavy atom. The van der Waals surface area contributed by atoms with Crippen LogP contribution in [0.2, 0.25) is 0 Å². The Bertz CT molecular complexity index is 614. The summed E-state index contributed by atoms with van der Waals surface area (Å²) in [5.41, 5.74) is 1.03. The van der Waals surface area contributed by atoms with Crippen molar-refractivity contribution in [3.63, 3.8) is 0 Å². The van der Waals surface area contributed by atoms with Crippen molar-refractivity contribution >= 4 is 54.7 Å². The Labute approximate surface area is 131 Å². The number of para-hydroxylation sites is 1. The van der Waals surface area contributed by atoms with E-state index in [-0.39, 0.29) is 18.1 Å². The topological polar surface area (TPSA) is 20.3 Å². The molecule has 0 aliphatic heterocycles. The predicted molar refractivity (Wildman–Crippen MR) is 83.7 cm³/mol. The van der Waals surface area contributed by atoms with Crippen LogP contribution < -0.4 is 4.90 Å². The third-order valence-corrected chi connectivity index (χ3v) is 4.94. The van der Waals surface area contributed by atoms with Gasteiger partial charge in [-0.1, -0.05) is 12.1 Å². The molecule has 0 bridgehead atoms. The number of likely N-dealkylation sites (N-methyl/N-ethyl adjacent to an activating group) is 1. The van der Waals surface area contributed by atoms with Crippen molar-refractivity contribution in [3.8, 4) is 0 Å². The number of rotatable bonds is 4. The van der Waals surface area contributed by atoms with Crippen LogP contribution in [-0.4, -0.2) is 19.4 Å². The van der Waals surface area contributed by atoms with E-state index in [2.05, 4.69) is 31.9 Å². The van der Waals surface area contributed by atoms with Crippen molar-refractivity contribution in [1.82, 2.24) is 0 Å². The first-order valence-corrected chi connectivity index (χ1v) is 7.83. The van der Waals surface area contributed by atoms with Crippen LogP contribution >= 0.6 is 43.2 Å². The average Bonchev–Trinajstić information content (AvgIpc) is 2.69. The van der Waals surface area contributed by atoms with Crippen LogP contribution in [0.4, 0.5) is 10.1 Å². The summed E-state index contributed by atoms with van der Waals surface area (Å²) in [5, 5.41) is 0. The number of benzene rings is 1. The highest BCUT2D eigenvalue weighted by atomic mass is 79.9. The van der Waals surface area contributed by atoms with Crippen LogP contribution in [0.15, 0.2) is 37.9 Å². The highest BCUT2D eigenvalue weighted by molar-refractivity contribution is 9.12. The standard InChI is InChI=1S/C13H10Br2FNOS/c1-17(10-5-3-2-4-9(10)16)7-11(18)8-6-12(14)19-13(8)15/h2-6H,7H2,1H3. The summed E-state index contributed by atoms with van der Waals surface area (Å²) < 4.78 is 15.3. The number of halogens is 3. The lowest BCUT2D eigenvalue weighted by Gasteiger charge is -2.18. The van der Waals surface area contributed by atoms with E-state index in [4.69, 9.17) is 0 Å². The van der Waals surface area contributed by atoms with Gasteiger partial charge in [-0.25, -0.2) is 4.39 Å². The molecule has 0 saturated heterocycles. The summed E-state index contributed by atoms with van der Waals surface area (Å²) in [5.74, 6) is -0.386. The lowest BCUT2D eigenvalue weighted by Crippen LogP contribution is -2.26. The van der Waals surface area contributed by atoms with Gasteiger partial charge in [0.2, 0.25) is 0 Å². The summed E-state index contributed by atoms with van der Waals surface area (Å²) >= 11 is 8.13. The van der Waals surface area contributed by atoms with Gasteiger partial charge in [-0.15, -0.1) is 11.3 Å². The smallest absolute Gasteiger partial charge is 0.184 e. The van der Waals surface area contributed by atoms with Gasteiger partial charge in [-0.3, -0.25) is 4.79 Å². The van der Waals surface area contributed by atoms with E-state index in [1.807, 2.05) is 0 Å². The summed E-state index contributed by atoms with van der Waals surface area (Å²) in [4.78, 5) is 13.8. The minimum absolute atomic E-state index is 0.0559. The van der Waals surface area contributed by atoms with Crippen LogP contribution in [0.5, 0.6) is 0 Å². The zero-order valence-corrected chi connectivity index (χ0v) is 14.0. The number of thiophene rings is 1.